The molecule has 2 aromatic carbocycles. The number of carboxylic acid groups (broad SMARTS) is 1. The Kier molecular flexibility index (Phi) is 7.35. The monoisotopic (exact) mass is 532 g/mol. The molecule has 38 heavy (non-hydrogen) atoms. The number of methoxy groups -OCH3 is 1. The van der Waals surface area contributed by atoms with Gasteiger partial charge in [-0.05, 0) is 12.1 Å². The number of carbonyl (C=O) groups excluding carboxylic acids is 1. The molecule has 0 radical (unpaired) electrons. The molecular formula is C27H25ClN6O4. The minimum Gasteiger partial charge on any atom is -0.478 e. The smallest absolute Gasteiger partial charge is 0.340 e. The molecule has 6 aromatic rings. The molecule has 0 saturated heterocycles. The van der Waals surface area contributed by atoms with E-state index in [0.717, 1.165) is 33.2 Å². The number of fused-ring (bicyclic) bond motifs is 2. The van der Waals surface area contributed by atoms with Crippen molar-refractivity contribution in [2.45, 2.75) is 0 Å². The standard InChI is InChI=1S/C14H13N3O2.C13H11N3O2.ClH/c1-16-8-10(7-15-16)17-9-12(14(18)19-2)11-5-3-4-6-13(11)17;1-15-7-9(6-14-15)16-8-11(13(17)18)10-4-2-3-5-12(10)16;/h3-9H,1-2H3;2-8H,1H3,(H,17,18);1H. The second-order valence-electron chi connectivity index (χ2n) is 8.40. The molecule has 0 aliphatic heterocycles. The molecule has 0 atom stereocenters. The van der Waals surface area contributed by atoms with Gasteiger partial charge in [-0.15, -0.1) is 12.4 Å². The molecule has 0 saturated carbocycles. The lowest BCUT2D eigenvalue weighted by Gasteiger charge is -1.99. The van der Waals surface area contributed by atoms with Crippen molar-refractivity contribution in [3.05, 3.63) is 96.8 Å². The highest BCUT2D eigenvalue weighted by molar-refractivity contribution is 6.05. The number of benzene rings is 2. The van der Waals surface area contributed by atoms with Gasteiger partial charge in [0.1, 0.15) is 0 Å². The first-order valence-corrected chi connectivity index (χ1v) is 11.4. The van der Waals surface area contributed by atoms with E-state index in [2.05, 4.69) is 10.2 Å². The van der Waals surface area contributed by atoms with E-state index >= 15 is 0 Å². The quantitative estimate of drug-likeness (QED) is 0.331. The third-order valence-corrected chi connectivity index (χ3v) is 6.00. The van der Waals surface area contributed by atoms with Crippen molar-refractivity contribution in [2.24, 2.45) is 14.1 Å². The lowest BCUT2D eigenvalue weighted by atomic mass is 10.2. The number of ether oxygens (including phenoxy) is 1. The summed E-state index contributed by atoms with van der Waals surface area (Å²) >= 11 is 0. The Bertz CT molecular complexity index is 1760. The van der Waals surface area contributed by atoms with E-state index in [1.54, 1.807) is 34.2 Å². The first-order chi connectivity index (χ1) is 17.9. The van der Waals surface area contributed by atoms with E-state index < -0.39 is 5.97 Å². The second kappa shape index (κ2) is 10.7. The number of hydrogen-bond acceptors (Lipinski definition) is 5. The fourth-order valence-electron chi connectivity index (χ4n) is 4.30. The number of aromatic nitrogens is 6. The van der Waals surface area contributed by atoms with Crippen LogP contribution in [-0.4, -0.2) is 52.9 Å². The molecule has 6 rings (SSSR count). The Morgan fingerprint density at radius 1 is 0.737 bits per heavy atom. The molecule has 0 fully saturated rings. The maximum absolute atomic E-state index is 11.8. The van der Waals surface area contributed by atoms with Gasteiger partial charge >= 0.3 is 11.9 Å². The van der Waals surface area contributed by atoms with Gasteiger partial charge in [0, 0.05) is 49.7 Å². The van der Waals surface area contributed by atoms with Crippen molar-refractivity contribution in [3.8, 4) is 11.4 Å². The van der Waals surface area contributed by atoms with Gasteiger partial charge in [0.15, 0.2) is 0 Å². The summed E-state index contributed by atoms with van der Waals surface area (Å²) < 4.78 is 12.0. The molecule has 0 bridgehead atoms. The summed E-state index contributed by atoms with van der Waals surface area (Å²) in [5, 5.41) is 19.1. The maximum Gasteiger partial charge on any atom is 0.340 e. The molecule has 0 aliphatic rings. The van der Waals surface area contributed by atoms with Gasteiger partial charge in [-0.3, -0.25) is 9.36 Å². The van der Waals surface area contributed by atoms with Crippen molar-refractivity contribution in [3.63, 3.8) is 0 Å². The van der Waals surface area contributed by atoms with Crippen LogP contribution in [-0.2, 0) is 18.8 Å². The average molecular weight is 533 g/mol. The molecule has 0 aliphatic carbocycles. The van der Waals surface area contributed by atoms with Crippen LogP contribution >= 0.6 is 12.4 Å². The van der Waals surface area contributed by atoms with Crippen LogP contribution in [0.25, 0.3) is 33.2 Å². The number of aromatic carboxylic acids is 1. The maximum atomic E-state index is 11.8. The predicted octanol–water partition coefficient (Wildman–Crippen LogP) is 4.63. The zero-order valence-electron chi connectivity index (χ0n) is 20.8. The zero-order chi connectivity index (χ0) is 26.1. The summed E-state index contributed by atoms with van der Waals surface area (Å²) in [5.41, 5.74) is 4.44. The van der Waals surface area contributed by atoms with E-state index in [1.165, 1.54) is 7.11 Å². The van der Waals surface area contributed by atoms with E-state index in [-0.39, 0.29) is 18.4 Å². The molecule has 10 nitrogen and oxygen atoms in total. The van der Waals surface area contributed by atoms with E-state index in [4.69, 9.17) is 4.74 Å². The topological polar surface area (TPSA) is 109 Å². The second-order valence-corrected chi connectivity index (χ2v) is 8.40. The van der Waals surface area contributed by atoms with Gasteiger partial charge in [0.25, 0.3) is 0 Å². The molecule has 0 unspecified atom stereocenters. The third kappa shape index (κ3) is 4.76. The zero-order valence-corrected chi connectivity index (χ0v) is 21.7. The molecule has 0 amide bonds. The largest absolute Gasteiger partial charge is 0.478 e. The Morgan fingerprint density at radius 2 is 1.18 bits per heavy atom. The minimum atomic E-state index is -0.922. The summed E-state index contributed by atoms with van der Waals surface area (Å²) in [6.45, 7) is 0. The first-order valence-electron chi connectivity index (χ1n) is 11.4. The van der Waals surface area contributed by atoms with E-state index in [1.807, 2.05) is 84.2 Å². The fraction of sp³-hybridized carbons (Fsp3) is 0.111. The number of esters is 1. The number of rotatable bonds is 4. The average Bonchev–Trinajstić information content (AvgIpc) is 3.68. The Labute approximate surface area is 223 Å². The normalized spacial score (nSPS) is 10.6. The summed E-state index contributed by atoms with van der Waals surface area (Å²) in [5.74, 6) is -1.26. The summed E-state index contributed by atoms with van der Waals surface area (Å²) in [7, 11) is 5.07. The predicted molar refractivity (Wildman–Crippen MR) is 146 cm³/mol. The number of aryl methyl sites for hydroxylation is 2. The van der Waals surface area contributed by atoms with E-state index in [9.17, 15) is 14.7 Å². The number of carboxylic acids is 1. The molecule has 0 spiro atoms. The van der Waals surface area contributed by atoms with Crippen LogP contribution in [0, 0.1) is 0 Å². The minimum absolute atomic E-state index is 0. The lowest BCUT2D eigenvalue weighted by Crippen LogP contribution is -1.99. The van der Waals surface area contributed by atoms with Crippen molar-refractivity contribution in [1.82, 2.24) is 28.7 Å². The van der Waals surface area contributed by atoms with Crippen molar-refractivity contribution in [2.75, 3.05) is 7.11 Å². The van der Waals surface area contributed by atoms with Crippen LogP contribution in [0.1, 0.15) is 20.7 Å². The lowest BCUT2D eigenvalue weighted by molar-refractivity contribution is 0.0602. The Balaban J connectivity index is 0.000000173. The van der Waals surface area contributed by atoms with Gasteiger partial charge in [0.05, 0.1) is 53.0 Å². The first kappa shape index (κ1) is 26.2. The summed E-state index contributed by atoms with van der Waals surface area (Å²) in [6, 6.07) is 15.2. The number of carbonyl (C=O) groups is 2. The number of para-hydroxylation sites is 2. The van der Waals surface area contributed by atoms with Gasteiger partial charge in [-0.25, -0.2) is 9.59 Å². The highest BCUT2D eigenvalue weighted by Crippen LogP contribution is 2.26. The van der Waals surface area contributed by atoms with Crippen LogP contribution in [0.2, 0.25) is 0 Å². The van der Waals surface area contributed by atoms with Gasteiger partial charge in [-0.2, -0.15) is 10.2 Å². The molecular weight excluding hydrogens is 508 g/mol. The van der Waals surface area contributed by atoms with Gasteiger partial charge in [-0.1, -0.05) is 36.4 Å². The van der Waals surface area contributed by atoms with E-state index in [0.29, 0.717) is 11.1 Å². The fourth-order valence-corrected chi connectivity index (χ4v) is 4.30. The molecule has 4 heterocycles. The van der Waals surface area contributed by atoms with Crippen LogP contribution in [0.15, 0.2) is 85.7 Å². The van der Waals surface area contributed by atoms with Crippen molar-refractivity contribution < 1.29 is 19.4 Å². The van der Waals surface area contributed by atoms with Gasteiger partial charge < -0.3 is 19.0 Å². The van der Waals surface area contributed by atoms with Crippen molar-refractivity contribution in [1.29, 1.82) is 0 Å². The summed E-state index contributed by atoms with van der Waals surface area (Å²) in [6.07, 6.45) is 10.6. The Hall–Kier alpha value is -4.83. The molecule has 4 aromatic heterocycles. The number of halogens is 1. The molecule has 1 N–H and O–H groups in total. The highest BCUT2D eigenvalue weighted by Gasteiger charge is 2.17. The van der Waals surface area contributed by atoms with Crippen molar-refractivity contribution >= 4 is 46.2 Å². The highest BCUT2D eigenvalue weighted by atomic mass is 35.5. The van der Waals surface area contributed by atoms with Crippen LogP contribution in [0.5, 0.6) is 0 Å². The Morgan fingerprint density at radius 3 is 1.61 bits per heavy atom. The summed E-state index contributed by atoms with van der Waals surface area (Å²) in [4.78, 5) is 23.1. The van der Waals surface area contributed by atoms with Crippen LogP contribution in [0.3, 0.4) is 0 Å². The number of nitrogens with zero attached hydrogens (tertiary/aromatic N) is 6. The third-order valence-electron chi connectivity index (χ3n) is 6.00. The molecule has 11 heteroatoms. The number of hydrogen-bond donors (Lipinski definition) is 1. The van der Waals surface area contributed by atoms with Crippen LogP contribution in [0.4, 0.5) is 0 Å². The SMILES string of the molecule is COC(=O)c1cn(-c2cnn(C)c2)c2ccccc12.Cl.Cn1cc(-n2cc(C(=O)O)c3ccccc32)cn1. The molecule has 194 valence electrons. The van der Waals surface area contributed by atoms with Crippen LogP contribution < -0.4 is 0 Å². The van der Waals surface area contributed by atoms with Gasteiger partial charge in [0.2, 0.25) is 0 Å².